The van der Waals surface area contributed by atoms with Crippen LogP contribution < -0.4 is 15.4 Å². The second-order valence-electron chi connectivity index (χ2n) is 6.29. The van der Waals surface area contributed by atoms with Gasteiger partial charge in [0.25, 0.3) is 0 Å². The molecule has 0 saturated carbocycles. The number of guanidine groups is 1. The summed E-state index contributed by atoms with van der Waals surface area (Å²) in [6, 6.07) is 5.96. The summed E-state index contributed by atoms with van der Waals surface area (Å²) >= 11 is 3.50. The van der Waals surface area contributed by atoms with E-state index < -0.39 is 0 Å². The summed E-state index contributed by atoms with van der Waals surface area (Å²) in [6.45, 7) is 5.78. The predicted octanol–water partition coefficient (Wildman–Crippen LogP) is 2.30. The second kappa shape index (κ2) is 9.99. The number of aliphatic hydroxyl groups is 1. The van der Waals surface area contributed by atoms with E-state index in [1.54, 1.807) is 7.11 Å². The second-order valence-corrected chi connectivity index (χ2v) is 7.15. The molecule has 3 N–H and O–H groups in total. The normalized spacial score (nSPS) is 20.6. The van der Waals surface area contributed by atoms with Crippen LogP contribution in [0.1, 0.15) is 25.3 Å². The Hall–Kier alpha value is -1.31. The third kappa shape index (κ3) is 5.87. The third-order valence-corrected chi connectivity index (χ3v) is 5.06. The lowest BCUT2D eigenvalue weighted by Gasteiger charge is -2.27. The molecule has 0 bridgehead atoms. The minimum absolute atomic E-state index is 0.00587. The van der Waals surface area contributed by atoms with Crippen LogP contribution in [-0.2, 0) is 11.3 Å². The molecular weight excluding hydrogens is 386 g/mol. The van der Waals surface area contributed by atoms with Crippen molar-refractivity contribution in [2.45, 2.75) is 26.3 Å². The van der Waals surface area contributed by atoms with Gasteiger partial charge in [-0.15, -0.1) is 0 Å². The fourth-order valence-electron chi connectivity index (χ4n) is 2.90. The third-order valence-electron chi connectivity index (χ3n) is 4.44. The topological polar surface area (TPSA) is 75.1 Å². The summed E-state index contributed by atoms with van der Waals surface area (Å²) in [6.07, 6.45) is 1.70. The molecule has 1 aliphatic rings. The number of rotatable bonds is 8. The Kier molecular flexibility index (Phi) is 7.99. The molecule has 0 amide bonds. The first-order valence-corrected chi connectivity index (χ1v) is 9.45. The summed E-state index contributed by atoms with van der Waals surface area (Å²) in [5.74, 6) is 1.59. The number of hydrogen-bond acceptors (Lipinski definition) is 4. The van der Waals surface area contributed by atoms with Crippen molar-refractivity contribution in [3.8, 4) is 5.75 Å². The zero-order valence-electron chi connectivity index (χ0n) is 15.0. The van der Waals surface area contributed by atoms with Gasteiger partial charge in [0.2, 0.25) is 0 Å². The minimum atomic E-state index is -0.00587. The van der Waals surface area contributed by atoms with Gasteiger partial charge in [-0.25, -0.2) is 4.99 Å². The van der Waals surface area contributed by atoms with E-state index in [2.05, 4.69) is 31.6 Å². The molecule has 1 aromatic rings. The Morgan fingerprint density at radius 3 is 2.88 bits per heavy atom. The number of nitrogens with one attached hydrogen (secondary N) is 2. The van der Waals surface area contributed by atoms with Gasteiger partial charge in [-0.05, 0) is 53.4 Å². The standard InChI is InChI=1S/C18H28BrN3O3/c1-3-20-17(22-12-18(6-8-23)7-9-25-13-18)21-11-14-4-5-16(24-2)15(19)10-14/h4-5,10,23H,3,6-9,11-13H2,1-2H3,(H2,20,21,22). The molecule has 0 spiro atoms. The average molecular weight is 414 g/mol. The highest BCUT2D eigenvalue weighted by Gasteiger charge is 2.34. The highest BCUT2D eigenvalue weighted by Crippen LogP contribution is 2.31. The quantitative estimate of drug-likeness (QED) is 0.450. The molecule has 140 valence electrons. The summed E-state index contributed by atoms with van der Waals surface area (Å²) < 4.78 is 11.7. The number of methoxy groups -OCH3 is 1. The van der Waals surface area contributed by atoms with Crippen molar-refractivity contribution in [2.24, 2.45) is 10.4 Å². The van der Waals surface area contributed by atoms with Crippen molar-refractivity contribution in [1.29, 1.82) is 0 Å². The van der Waals surface area contributed by atoms with Crippen LogP contribution in [0.2, 0.25) is 0 Å². The Morgan fingerprint density at radius 1 is 1.44 bits per heavy atom. The first-order chi connectivity index (χ1) is 12.1. The highest BCUT2D eigenvalue weighted by atomic mass is 79.9. The van der Waals surface area contributed by atoms with Gasteiger partial charge in [-0.2, -0.15) is 0 Å². The largest absolute Gasteiger partial charge is 0.496 e. The highest BCUT2D eigenvalue weighted by molar-refractivity contribution is 9.10. The fraction of sp³-hybridized carbons (Fsp3) is 0.611. The van der Waals surface area contributed by atoms with E-state index in [-0.39, 0.29) is 12.0 Å². The number of nitrogens with zero attached hydrogens (tertiary/aromatic N) is 1. The molecule has 7 heteroatoms. The van der Waals surface area contributed by atoms with E-state index in [0.29, 0.717) is 13.2 Å². The molecule has 0 radical (unpaired) electrons. The van der Waals surface area contributed by atoms with E-state index in [4.69, 9.17) is 9.47 Å². The smallest absolute Gasteiger partial charge is 0.191 e. The molecule has 25 heavy (non-hydrogen) atoms. The van der Waals surface area contributed by atoms with E-state index in [9.17, 15) is 5.11 Å². The average Bonchev–Trinajstić information content (AvgIpc) is 3.07. The zero-order valence-corrected chi connectivity index (χ0v) is 16.6. The van der Waals surface area contributed by atoms with Crippen LogP contribution in [0.4, 0.5) is 0 Å². The molecule has 6 nitrogen and oxygen atoms in total. The van der Waals surface area contributed by atoms with Crippen molar-refractivity contribution < 1.29 is 14.6 Å². The van der Waals surface area contributed by atoms with Gasteiger partial charge in [0.1, 0.15) is 5.75 Å². The summed E-state index contributed by atoms with van der Waals surface area (Å²) in [5.41, 5.74) is 1.09. The Morgan fingerprint density at radius 2 is 2.28 bits per heavy atom. The van der Waals surface area contributed by atoms with Crippen LogP contribution >= 0.6 is 15.9 Å². The molecule has 1 heterocycles. The van der Waals surface area contributed by atoms with Crippen LogP contribution in [0.5, 0.6) is 5.75 Å². The first kappa shape index (κ1) is 20.0. The molecule has 1 unspecified atom stereocenters. The molecule has 1 atom stereocenters. The van der Waals surface area contributed by atoms with Crippen molar-refractivity contribution in [3.63, 3.8) is 0 Å². The van der Waals surface area contributed by atoms with Crippen molar-refractivity contribution in [1.82, 2.24) is 10.6 Å². The van der Waals surface area contributed by atoms with E-state index in [1.807, 2.05) is 25.1 Å². The summed E-state index contributed by atoms with van der Waals surface area (Å²) in [7, 11) is 1.65. The van der Waals surface area contributed by atoms with Crippen LogP contribution in [-0.4, -0.2) is 51.1 Å². The lowest BCUT2D eigenvalue weighted by atomic mass is 9.84. The molecule has 1 saturated heterocycles. The van der Waals surface area contributed by atoms with Gasteiger partial charge in [0, 0.05) is 31.7 Å². The van der Waals surface area contributed by atoms with Crippen LogP contribution in [0.15, 0.2) is 27.7 Å². The molecule has 0 aromatic heterocycles. The Labute approximate surface area is 158 Å². The van der Waals surface area contributed by atoms with Gasteiger partial charge >= 0.3 is 0 Å². The maximum atomic E-state index is 9.34. The van der Waals surface area contributed by atoms with Gasteiger partial charge in [0.05, 0.1) is 24.7 Å². The summed E-state index contributed by atoms with van der Waals surface area (Å²) in [5, 5.41) is 16.0. The molecule has 1 aliphatic heterocycles. The number of aliphatic imine (C=N–C) groups is 1. The van der Waals surface area contributed by atoms with Crippen LogP contribution in [0.3, 0.4) is 0 Å². The van der Waals surface area contributed by atoms with Crippen molar-refractivity contribution >= 4 is 21.9 Å². The van der Waals surface area contributed by atoms with Crippen LogP contribution in [0.25, 0.3) is 0 Å². The SMILES string of the molecule is CCNC(=NCc1ccc(OC)c(Br)c1)NCC1(CCO)CCOC1. The van der Waals surface area contributed by atoms with Gasteiger partial charge in [-0.3, -0.25) is 0 Å². The molecule has 1 aromatic carbocycles. The maximum Gasteiger partial charge on any atom is 0.191 e. The number of ether oxygens (including phenoxy) is 2. The lowest BCUT2D eigenvalue weighted by molar-refractivity contribution is 0.127. The van der Waals surface area contributed by atoms with Crippen LogP contribution in [0, 0.1) is 5.41 Å². The number of aliphatic hydroxyl groups excluding tert-OH is 1. The molecule has 1 fully saturated rings. The Balaban J connectivity index is 1.99. The zero-order chi connectivity index (χ0) is 18.1. The lowest BCUT2D eigenvalue weighted by Crippen LogP contribution is -2.44. The van der Waals surface area contributed by atoms with Crippen molar-refractivity contribution in [3.05, 3.63) is 28.2 Å². The van der Waals surface area contributed by atoms with Gasteiger partial charge in [0.15, 0.2) is 5.96 Å². The number of hydrogen-bond donors (Lipinski definition) is 3. The van der Waals surface area contributed by atoms with Gasteiger partial charge in [-0.1, -0.05) is 6.07 Å². The van der Waals surface area contributed by atoms with E-state index >= 15 is 0 Å². The number of benzene rings is 1. The van der Waals surface area contributed by atoms with E-state index in [0.717, 1.165) is 54.3 Å². The monoisotopic (exact) mass is 413 g/mol. The summed E-state index contributed by atoms with van der Waals surface area (Å²) in [4.78, 5) is 4.66. The predicted molar refractivity (Wildman–Crippen MR) is 103 cm³/mol. The molecular formula is C18H28BrN3O3. The fourth-order valence-corrected chi connectivity index (χ4v) is 3.49. The van der Waals surface area contributed by atoms with E-state index in [1.165, 1.54) is 0 Å². The van der Waals surface area contributed by atoms with Crippen molar-refractivity contribution in [2.75, 3.05) is 40.0 Å². The van der Waals surface area contributed by atoms with Gasteiger partial charge < -0.3 is 25.2 Å². The maximum absolute atomic E-state index is 9.34. The molecule has 0 aliphatic carbocycles. The number of halogens is 1. The molecule has 2 rings (SSSR count). The minimum Gasteiger partial charge on any atom is -0.496 e. The first-order valence-electron chi connectivity index (χ1n) is 8.65. The Bertz CT molecular complexity index is 575.